The van der Waals surface area contributed by atoms with Crippen molar-refractivity contribution in [1.82, 2.24) is 29.1 Å². The number of para-hydroxylation sites is 1. The number of ether oxygens (including phenoxy) is 3. The topological polar surface area (TPSA) is 150 Å². The van der Waals surface area contributed by atoms with Gasteiger partial charge in [-0.3, -0.25) is 9.13 Å². The molecule has 5 heterocycles. The first kappa shape index (κ1) is 22.2. The highest BCUT2D eigenvalue weighted by Crippen LogP contribution is 2.44. The smallest absolute Gasteiger partial charge is 0.349 e. The van der Waals surface area contributed by atoms with Crippen LogP contribution in [0.4, 0.5) is 17.3 Å². The number of benzene rings is 1. The number of aliphatic hydroxyl groups is 1. The van der Waals surface area contributed by atoms with Crippen LogP contribution in [-0.4, -0.2) is 60.0 Å². The van der Waals surface area contributed by atoms with Gasteiger partial charge in [-0.05, 0) is 25.0 Å². The summed E-state index contributed by atoms with van der Waals surface area (Å²) in [7, 11) is 1.62. The SMILES string of the molecule is Cn1cc2c(nc1=O)Nc1c(OCCNc3ncnc4c3ncn4[C@H]3CC[C@@H](CO)O3)cccc1O2. The Morgan fingerprint density at radius 3 is 3.03 bits per heavy atom. The van der Waals surface area contributed by atoms with Crippen LogP contribution in [0, 0.1) is 0 Å². The molecule has 0 amide bonds. The van der Waals surface area contributed by atoms with Gasteiger partial charge in [-0.1, -0.05) is 6.07 Å². The van der Waals surface area contributed by atoms with Crippen LogP contribution in [-0.2, 0) is 11.8 Å². The third-order valence-corrected chi connectivity index (χ3v) is 6.11. The summed E-state index contributed by atoms with van der Waals surface area (Å²) in [6.45, 7) is 0.773. The van der Waals surface area contributed by atoms with Crippen LogP contribution in [0.5, 0.6) is 17.2 Å². The predicted molar refractivity (Wildman–Crippen MR) is 129 cm³/mol. The average molecular weight is 492 g/mol. The van der Waals surface area contributed by atoms with Gasteiger partial charge < -0.3 is 30.0 Å². The van der Waals surface area contributed by atoms with Gasteiger partial charge in [-0.15, -0.1) is 0 Å². The lowest BCUT2D eigenvalue weighted by Gasteiger charge is -2.23. The second-order valence-corrected chi connectivity index (χ2v) is 8.50. The number of aliphatic hydroxyl groups excluding tert-OH is 1. The van der Waals surface area contributed by atoms with Crippen molar-refractivity contribution in [3.63, 3.8) is 0 Å². The van der Waals surface area contributed by atoms with E-state index in [-0.39, 0.29) is 24.6 Å². The molecule has 4 aromatic rings. The maximum atomic E-state index is 11.9. The van der Waals surface area contributed by atoms with E-state index >= 15 is 0 Å². The lowest BCUT2D eigenvalue weighted by molar-refractivity contribution is -0.0207. The fourth-order valence-corrected chi connectivity index (χ4v) is 4.31. The van der Waals surface area contributed by atoms with Crippen molar-refractivity contribution in [2.45, 2.75) is 25.2 Å². The Hall–Kier alpha value is -4.23. The van der Waals surface area contributed by atoms with Crippen LogP contribution in [0.25, 0.3) is 11.2 Å². The number of fused-ring (bicyclic) bond motifs is 3. The molecule has 0 spiro atoms. The van der Waals surface area contributed by atoms with Crippen LogP contribution in [0.2, 0.25) is 0 Å². The van der Waals surface area contributed by atoms with Gasteiger partial charge in [0.25, 0.3) is 0 Å². The van der Waals surface area contributed by atoms with Crippen molar-refractivity contribution >= 4 is 28.5 Å². The normalized spacial score (nSPS) is 18.3. The van der Waals surface area contributed by atoms with Crippen LogP contribution >= 0.6 is 0 Å². The van der Waals surface area contributed by atoms with Crippen LogP contribution < -0.4 is 25.8 Å². The van der Waals surface area contributed by atoms with E-state index in [2.05, 4.69) is 30.6 Å². The molecule has 1 saturated heterocycles. The number of hydrogen-bond acceptors (Lipinski definition) is 11. The molecule has 13 nitrogen and oxygen atoms in total. The van der Waals surface area contributed by atoms with E-state index in [0.717, 1.165) is 12.8 Å². The molecule has 2 atom stereocenters. The van der Waals surface area contributed by atoms with Crippen molar-refractivity contribution in [2.24, 2.45) is 7.05 Å². The highest BCUT2D eigenvalue weighted by atomic mass is 16.5. The Balaban J connectivity index is 1.12. The summed E-state index contributed by atoms with van der Waals surface area (Å²) in [6.07, 6.45) is 5.95. The molecule has 0 unspecified atom stereocenters. The van der Waals surface area contributed by atoms with Crippen LogP contribution in [0.1, 0.15) is 19.1 Å². The second-order valence-electron chi connectivity index (χ2n) is 8.50. The number of anilines is 3. The van der Waals surface area contributed by atoms with Crippen molar-refractivity contribution in [3.05, 3.63) is 47.5 Å². The molecule has 13 heteroatoms. The summed E-state index contributed by atoms with van der Waals surface area (Å²) >= 11 is 0. The van der Waals surface area contributed by atoms with Crippen molar-refractivity contribution in [2.75, 3.05) is 30.4 Å². The summed E-state index contributed by atoms with van der Waals surface area (Å²) in [4.78, 5) is 29.1. The summed E-state index contributed by atoms with van der Waals surface area (Å²) in [5.74, 6) is 2.54. The number of aromatic nitrogens is 6. The number of aryl methyl sites for hydroxylation is 1. The first-order valence-electron chi connectivity index (χ1n) is 11.6. The van der Waals surface area contributed by atoms with E-state index in [1.165, 1.54) is 10.9 Å². The van der Waals surface area contributed by atoms with E-state index in [9.17, 15) is 9.90 Å². The summed E-state index contributed by atoms with van der Waals surface area (Å²) in [5, 5.41) is 15.7. The van der Waals surface area contributed by atoms with Gasteiger partial charge in [-0.25, -0.2) is 19.7 Å². The molecule has 36 heavy (non-hydrogen) atoms. The predicted octanol–water partition coefficient (Wildman–Crippen LogP) is 1.93. The van der Waals surface area contributed by atoms with Gasteiger partial charge in [0.15, 0.2) is 34.3 Å². The molecule has 6 rings (SSSR count). The molecule has 2 aliphatic heterocycles. The minimum Gasteiger partial charge on any atom is -0.489 e. The second kappa shape index (κ2) is 9.09. The van der Waals surface area contributed by atoms with Gasteiger partial charge >= 0.3 is 5.69 Å². The highest BCUT2D eigenvalue weighted by Gasteiger charge is 2.28. The fourth-order valence-electron chi connectivity index (χ4n) is 4.31. The van der Waals surface area contributed by atoms with Crippen LogP contribution in [0.15, 0.2) is 41.8 Å². The van der Waals surface area contributed by atoms with Gasteiger partial charge in [-0.2, -0.15) is 4.98 Å². The Morgan fingerprint density at radius 1 is 1.25 bits per heavy atom. The van der Waals surface area contributed by atoms with E-state index in [1.807, 2.05) is 22.8 Å². The number of rotatable bonds is 7. The Bertz CT molecular complexity index is 1490. The van der Waals surface area contributed by atoms with E-state index < -0.39 is 0 Å². The molecule has 3 N–H and O–H groups in total. The van der Waals surface area contributed by atoms with Gasteiger partial charge in [0, 0.05) is 7.05 Å². The largest absolute Gasteiger partial charge is 0.489 e. The molecular weight excluding hydrogens is 468 g/mol. The molecular formula is C23H24N8O5. The van der Waals surface area contributed by atoms with Crippen molar-refractivity contribution in [1.29, 1.82) is 0 Å². The van der Waals surface area contributed by atoms with Gasteiger partial charge in [0.1, 0.15) is 30.6 Å². The van der Waals surface area contributed by atoms with E-state index in [4.69, 9.17) is 14.2 Å². The van der Waals surface area contributed by atoms with Crippen molar-refractivity contribution in [3.8, 4) is 17.2 Å². The van der Waals surface area contributed by atoms with E-state index in [1.54, 1.807) is 19.6 Å². The zero-order chi connectivity index (χ0) is 24.6. The molecule has 0 radical (unpaired) electrons. The molecule has 186 valence electrons. The summed E-state index contributed by atoms with van der Waals surface area (Å²) in [6, 6.07) is 5.45. The Labute approximate surface area is 204 Å². The fraction of sp³-hybridized carbons (Fsp3) is 0.348. The quantitative estimate of drug-likeness (QED) is 0.286. The molecule has 3 aromatic heterocycles. The van der Waals surface area contributed by atoms with Crippen LogP contribution in [0.3, 0.4) is 0 Å². The summed E-state index contributed by atoms with van der Waals surface area (Å²) < 4.78 is 21.0. The molecule has 0 bridgehead atoms. The minimum atomic E-state index is -0.387. The van der Waals surface area contributed by atoms with Crippen molar-refractivity contribution < 1.29 is 19.3 Å². The van der Waals surface area contributed by atoms with Gasteiger partial charge in [0.2, 0.25) is 0 Å². The number of imidazole rings is 1. The lowest BCUT2D eigenvalue weighted by Crippen LogP contribution is -2.22. The number of nitrogens with zero attached hydrogens (tertiary/aromatic N) is 6. The summed E-state index contributed by atoms with van der Waals surface area (Å²) in [5.41, 5.74) is 1.51. The molecule has 0 aliphatic carbocycles. The average Bonchev–Trinajstić information content (AvgIpc) is 3.54. The molecule has 2 aliphatic rings. The third-order valence-electron chi connectivity index (χ3n) is 6.11. The molecule has 1 aromatic carbocycles. The third kappa shape index (κ3) is 3.97. The number of nitrogens with one attached hydrogen (secondary N) is 2. The lowest BCUT2D eigenvalue weighted by atomic mass is 10.2. The Morgan fingerprint density at radius 2 is 2.17 bits per heavy atom. The maximum Gasteiger partial charge on any atom is 0.349 e. The highest BCUT2D eigenvalue weighted by molar-refractivity contribution is 5.82. The monoisotopic (exact) mass is 492 g/mol. The first-order valence-corrected chi connectivity index (χ1v) is 11.6. The standard InChI is InChI=1S/C23H24N8O5/c1-30-9-16-20(29-23(30)33)28-18-14(3-2-4-15(18)36-16)34-8-7-24-21-19-22(26-11-25-21)31(12-27-19)17-6-5-13(10-32)35-17/h2-4,9,11-13,17,32H,5-8,10H2,1H3,(H,24,25,26)(H,28,29,33)/t13-,17+/m0/s1. The number of hydrogen-bond donors (Lipinski definition) is 3. The molecule has 0 saturated carbocycles. The van der Waals surface area contributed by atoms with E-state index in [0.29, 0.717) is 58.9 Å². The maximum absolute atomic E-state index is 11.9. The zero-order valence-electron chi connectivity index (χ0n) is 19.4. The first-order chi connectivity index (χ1) is 17.6. The zero-order valence-corrected chi connectivity index (χ0v) is 19.4. The van der Waals surface area contributed by atoms with Gasteiger partial charge in [0.05, 0.1) is 31.8 Å². The Kier molecular flexibility index (Phi) is 5.62. The minimum absolute atomic E-state index is 0.00136. The molecule has 1 fully saturated rings.